The van der Waals surface area contributed by atoms with Crippen LogP contribution in [0.4, 0.5) is 0 Å². The molecule has 2 N–H and O–H groups in total. The van der Waals surface area contributed by atoms with Crippen molar-refractivity contribution in [2.24, 2.45) is 5.92 Å². The number of halogens is 1. The van der Waals surface area contributed by atoms with Crippen LogP contribution in [-0.4, -0.2) is 24.2 Å². The Hall–Kier alpha value is -1.13. The molecular weight excluding hydrogens is 330 g/mol. The van der Waals surface area contributed by atoms with Crippen LogP contribution >= 0.6 is 15.9 Å². The van der Waals surface area contributed by atoms with Crippen LogP contribution in [0.15, 0.2) is 28.7 Å². The number of aryl methyl sites for hydroxylation is 1. The molecule has 0 heterocycles. The van der Waals surface area contributed by atoms with Crippen LogP contribution < -0.4 is 5.32 Å². The van der Waals surface area contributed by atoms with E-state index in [0.29, 0.717) is 12.5 Å². The van der Waals surface area contributed by atoms with Gasteiger partial charge in [0.05, 0.1) is 0 Å². The summed E-state index contributed by atoms with van der Waals surface area (Å²) in [5, 5.41) is 11.9. The minimum atomic E-state index is -0.0958. The average Bonchev–Trinajstić information content (AvgIpc) is 2.44. The Balaban J connectivity index is 2.50. The second-order valence-corrected chi connectivity index (χ2v) is 6.12. The van der Waals surface area contributed by atoms with Gasteiger partial charge in [-0.05, 0) is 49.0 Å². The molecule has 1 rings (SSSR count). The zero-order chi connectivity index (χ0) is 15.7. The van der Waals surface area contributed by atoms with E-state index >= 15 is 0 Å². The number of hydrogen-bond acceptors (Lipinski definition) is 2. The molecule has 0 fully saturated rings. The van der Waals surface area contributed by atoms with E-state index in [1.54, 1.807) is 12.2 Å². The topological polar surface area (TPSA) is 49.3 Å². The predicted octanol–water partition coefficient (Wildman–Crippen LogP) is 3.69. The third kappa shape index (κ3) is 6.91. The summed E-state index contributed by atoms with van der Waals surface area (Å²) in [6.45, 7) is 4.93. The van der Waals surface area contributed by atoms with Gasteiger partial charge in [0.15, 0.2) is 0 Å². The van der Waals surface area contributed by atoms with Gasteiger partial charge in [0, 0.05) is 23.7 Å². The molecule has 116 valence electrons. The van der Waals surface area contributed by atoms with E-state index in [1.807, 2.05) is 25.1 Å². The fourth-order valence-corrected chi connectivity index (χ4v) is 2.80. The molecule has 0 saturated heterocycles. The van der Waals surface area contributed by atoms with E-state index < -0.39 is 0 Å². The quantitative estimate of drug-likeness (QED) is 0.700. The minimum Gasteiger partial charge on any atom is -0.396 e. The molecule has 0 radical (unpaired) electrons. The van der Waals surface area contributed by atoms with E-state index in [1.165, 1.54) is 5.56 Å². The fraction of sp³-hybridized carbons (Fsp3) is 0.471. The summed E-state index contributed by atoms with van der Waals surface area (Å²) >= 11 is 3.49. The molecule has 1 amide bonds. The van der Waals surface area contributed by atoms with Crippen molar-refractivity contribution in [3.8, 4) is 0 Å². The normalized spacial score (nSPS) is 12.6. The lowest BCUT2D eigenvalue weighted by Crippen LogP contribution is -2.28. The number of carbonyl (C=O) groups is 1. The maximum atomic E-state index is 11.8. The van der Waals surface area contributed by atoms with E-state index in [9.17, 15) is 4.79 Å². The SMILES string of the molecule is CCCC(CCO)CNC(=O)/C=C/c1ccc(C)cc1Br. The van der Waals surface area contributed by atoms with Crippen molar-refractivity contribution < 1.29 is 9.90 Å². The van der Waals surface area contributed by atoms with Gasteiger partial charge in [0.25, 0.3) is 0 Å². The molecule has 0 aliphatic heterocycles. The number of benzene rings is 1. The number of amides is 1. The van der Waals surface area contributed by atoms with Gasteiger partial charge in [0.1, 0.15) is 0 Å². The zero-order valence-corrected chi connectivity index (χ0v) is 14.3. The lowest BCUT2D eigenvalue weighted by molar-refractivity contribution is -0.116. The molecule has 0 aromatic heterocycles. The highest BCUT2D eigenvalue weighted by Gasteiger charge is 2.08. The van der Waals surface area contributed by atoms with E-state index in [-0.39, 0.29) is 12.5 Å². The second kappa shape index (κ2) is 9.74. The molecule has 1 aromatic rings. The Bertz CT molecular complexity index is 480. The van der Waals surface area contributed by atoms with Crippen molar-refractivity contribution in [2.75, 3.05) is 13.2 Å². The van der Waals surface area contributed by atoms with Gasteiger partial charge >= 0.3 is 0 Å². The van der Waals surface area contributed by atoms with E-state index in [0.717, 1.165) is 29.3 Å². The van der Waals surface area contributed by atoms with Crippen LogP contribution in [0.1, 0.15) is 37.3 Å². The first-order valence-corrected chi connectivity index (χ1v) is 8.19. The van der Waals surface area contributed by atoms with Crippen molar-refractivity contribution >= 4 is 27.9 Å². The first-order valence-electron chi connectivity index (χ1n) is 7.39. The van der Waals surface area contributed by atoms with Gasteiger partial charge in [-0.2, -0.15) is 0 Å². The number of rotatable bonds is 8. The molecular formula is C17H24BrNO2. The Morgan fingerprint density at radius 2 is 2.19 bits per heavy atom. The van der Waals surface area contributed by atoms with E-state index in [4.69, 9.17) is 5.11 Å². The monoisotopic (exact) mass is 353 g/mol. The summed E-state index contributed by atoms with van der Waals surface area (Å²) in [5.74, 6) is 0.255. The second-order valence-electron chi connectivity index (χ2n) is 5.27. The summed E-state index contributed by atoms with van der Waals surface area (Å²) in [7, 11) is 0. The van der Waals surface area contributed by atoms with Crippen molar-refractivity contribution in [3.63, 3.8) is 0 Å². The Morgan fingerprint density at radius 1 is 1.43 bits per heavy atom. The molecule has 21 heavy (non-hydrogen) atoms. The third-order valence-corrected chi connectivity index (χ3v) is 4.06. The summed E-state index contributed by atoms with van der Waals surface area (Å²) in [4.78, 5) is 11.8. The van der Waals surface area contributed by atoms with Crippen LogP contribution in [0.25, 0.3) is 6.08 Å². The molecule has 1 atom stereocenters. The lowest BCUT2D eigenvalue weighted by Gasteiger charge is -2.14. The molecule has 0 spiro atoms. The predicted molar refractivity (Wildman–Crippen MR) is 91.0 cm³/mol. The number of aliphatic hydroxyl groups is 1. The van der Waals surface area contributed by atoms with Crippen LogP contribution in [0.3, 0.4) is 0 Å². The van der Waals surface area contributed by atoms with E-state index in [2.05, 4.69) is 28.2 Å². The Kier molecular flexibility index (Phi) is 8.31. The molecule has 0 bridgehead atoms. The van der Waals surface area contributed by atoms with Crippen LogP contribution in [-0.2, 0) is 4.79 Å². The smallest absolute Gasteiger partial charge is 0.244 e. The van der Waals surface area contributed by atoms with Gasteiger partial charge in [-0.25, -0.2) is 0 Å². The van der Waals surface area contributed by atoms with Gasteiger partial charge in [-0.1, -0.05) is 41.4 Å². The molecule has 4 heteroatoms. The molecule has 0 aliphatic rings. The van der Waals surface area contributed by atoms with Crippen LogP contribution in [0.5, 0.6) is 0 Å². The number of carbonyl (C=O) groups excluding carboxylic acids is 1. The minimum absolute atomic E-state index is 0.0958. The average molecular weight is 354 g/mol. The molecule has 0 saturated carbocycles. The number of hydrogen-bond donors (Lipinski definition) is 2. The van der Waals surface area contributed by atoms with Gasteiger partial charge in [-0.3, -0.25) is 4.79 Å². The Morgan fingerprint density at radius 3 is 2.81 bits per heavy atom. The summed E-state index contributed by atoms with van der Waals surface area (Å²) in [6.07, 6.45) is 6.18. The van der Waals surface area contributed by atoms with Gasteiger partial charge in [-0.15, -0.1) is 0 Å². The highest BCUT2D eigenvalue weighted by Crippen LogP contribution is 2.19. The van der Waals surface area contributed by atoms with Crippen molar-refractivity contribution in [3.05, 3.63) is 39.9 Å². The fourth-order valence-electron chi connectivity index (χ4n) is 2.18. The molecule has 1 unspecified atom stereocenters. The number of aliphatic hydroxyl groups excluding tert-OH is 1. The Labute approximate surface area is 135 Å². The molecule has 1 aromatic carbocycles. The highest BCUT2D eigenvalue weighted by molar-refractivity contribution is 9.10. The van der Waals surface area contributed by atoms with Crippen molar-refractivity contribution in [1.82, 2.24) is 5.32 Å². The largest absolute Gasteiger partial charge is 0.396 e. The summed E-state index contributed by atoms with van der Waals surface area (Å²) < 4.78 is 0.982. The summed E-state index contributed by atoms with van der Waals surface area (Å²) in [6, 6.07) is 6.02. The first kappa shape index (κ1) is 17.9. The van der Waals surface area contributed by atoms with Crippen LogP contribution in [0, 0.1) is 12.8 Å². The number of nitrogens with one attached hydrogen (secondary N) is 1. The third-order valence-electron chi connectivity index (χ3n) is 3.37. The first-order chi connectivity index (χ1) is 10.1. The van der Waals surface area contributed by atoms with Crippen molar-refractivity contribution in [1.29, 1.82) is 0 Å². The van der Waals surface area contributed by atoms with Crippen LogP contribution in [0.2, 0.25) is 0 Å². The van der Waals surface area contributed by atoms with Gasteiger partial charge in [0.2, 0.25) is 5.91 Å². The highest BCUT2D eigenvalue weighted by atomic mass is 79.9. The lowest BCUT2D eigenvalue weighted by atomic mass is 10.0. The van der Waals surface area contributed by atoms with Crippen molar-refractivity contribution in [2.45, 2.75) is 33.1 Å². The molecule has 3 nitrogen and oxygen atoms in total. The van der Waals surface area contributed by atoms with Gasteiger partial charge < -0.3 is 10.4 Å². The molecule has 0 aliphatic carbocycles. The standard InChI is InChI=1S/C17H24BrNO2/c1-3-4-14(9-10-20)12-19-17(21)8-7-15-6-5-13(2)11-16(15)18/h5-8,11,14,20H,3-4,9-10,12H2,1-2H3,(H,19,21)/b8-7+. The zero-order valence-electron chi connectivity index (χ0n) is 12.7. The maximum absolute atomic E-state index is 11.8. The maximum Gasteiger partial charge on any atom is 0.244 e. The summed E-state index contributed by atoms with van der Waals surface area (Å²) in [5.41, 5.74) is 2.16.